The summed E-state index contributed by atoms with van der Waals surface area (Å²) in [4.78, 5) is 0. The molecule has 13 heavy (non-hydrogen) atoms. The van der Waals surface area contributed by atoms with Crippen LogP contribution in [-0.4, -0.2) is 23.1 Å². The van der Waals surface area contributed by atoms with Crippen molar-refractivity contribution in [1.29, 1.82) is 0 Å². The molecule has 1 aliphatic rings. The van der Waals surface area contributed by atoms with Gasteiger partial charge in [-0.15, -0.1) is 0 Å². The molecule has 0 N–H and O–H groups in total. The van der Waals surface area contributed by atoms with Gasteiger partial charge in [0, 0.05) is 0 Å². The standard InChI is InChI=1S/C11H21.ClH.Mg/c1-8(2)11-6-5-9(3)7-10(11)4;;/h8-11H,4-7H2,1-3H3;1H;/q-1;;+2/p-1/t9-,10+,11+;;/m1../s1. The monoisotopic (exact) mass is 212 g/mol. The number of halogens is 1. The van der Waals surface area contributed by atoms with Crippen LogP contribution in [0.5, 0.6) is 0 Å². The van der Waals surface area contributed by atoms with E-state index in [1.54, 1.807) is 0 Å². The van der Waals surface area contributed by atoms with E-state index in [0.29, 0.717) is 0 Å². The van der Waals surface area contributed by atoms with E-state index in [4.69, 9.17) is 0 Å². The van der Waals surface area contributed by atoms with E-state index in [1.807, 2.05) is 0 Å². The molecule has 0 amide bonds. The second-order valence-corrected chi connectivity index (χ2v) is 4.59. The van der Waals surface area contributed by atoms with Crippen molar-refractivity contribution >= 4 is 23.1 Å². The molecule has 0 aromatic rings. The summed E-state index contributed by atoms with van der Waals surface area (Å²) in [5.41, 5.74) is 0. The van der Waals surface area contributed by atoms with Crippen LogP contribution in [0.15, 0.2) is 0 Å². The Hall–Kier alpha value is 1.06. The topological polar surface area (TPSA) is 0 Å². The predicted molar refractivity (Wildman–Crippen MR) is 55.9 cm³/mol. The molecular formula is C11H21ClMg. The Morgan fingerprint density at radius 1 is 1.23 bits per heavy atom. The van der Waals surface area contributed by atoms with E-state index >= 15 is 0 Å². The average Bonchev–Trinajstić information content (AvgIpc) is 1.85. The van der Waals surface area contributed by atoms with Crippen LogP contribution in [0.3, 0.4) is 0 Å². The van der Waals surface area contributed by atoms with Crippen LogP contribution in [0.25, 0.3) is 0 Å². The van der Waals surface area contributed by atoms with Gasteiger partial charge in [-0.25, -0.2) is 0 Å². The van der Waals surface area contributed by atoms with Crippen LogP contribution in [0, 0.1) is 30.6 Å². The van der Waals surface area contributed by atoms with Crippen LogP contribution >= 0.6 is 0 Å². The van der Waals surface area contributed by atoms with Crippen molar-refractivity contribution in [2.75, 3.05) is 0 Å². The molecule has 1 saturated carbocycles. The van der Waals surface area contributed by atoms with Gasteiger partial charge >= 0.3 is 23.1 Å². The van der Waals surface area contributed by atoms with Gasteiger partial charge in [0.15, 0.2) is 0 Å². The minimum atomic E-state index is 0. The second-order valence-electron chi connectivity index (χ2n) is 4.59. The fourth-order valence-electron chi connectivity index (χ4n) is 2.40. The summed E-state index contributed by atoms with van der Waals surface area (Å²) in [6.45, 7) is 11.3. The minimum Gasteiger partial charge on any atom is -1.00 e. The zero-order valence-electron chi connectivity index (χ0n) is 9.22. The van der Waals surface area contributed by atoms with Gasteiger partial charge in [-0.2, -0.15) is 5.92 Å². The van der Waals surface area contributed by atoms with E-state index in [9.17, 15) is 0 Å². The fraction of sp³-hybridized carbons (Fsp3) is 0.909. The molecule has 1 aliphatic carbocycles. The van der Waals surface area contributed by atoms with Crippen LogP contribution in [0.2, 0.25) is 0 Å². The fourth-order valence-corrected chi connectivity index (χ4v) is 2.40. The molecule has 74 valence electrons. The van der Waals surface area contributed by atoms with E-state index in [-0.39, 0.29) is 35.5 Å². The quantitative estimate of drug-likeness (QED) is 0.429. The van der Waals surface area contributed by atoms with Crippen LogP contribution in [-0.2, 0) is 0 Å². The summed E-state index contributed by atoms with van der Waals surface area (Å²) in [6, 6.07) is 0. The first-order chi connectivity index (χ1) is 5.11. The molecule has 0 spiro atoms. The Balaban J connectivity index is 0. The maximum absolute atomic E-state index is 4.25. The molecule has 0 aromatic carbocycles. The summed E-state index contributed by atoms with van der Waals surface area (Å²) < 4.78 is 0. The normalized spacial score (nSPS) is 33.5. The Labute approximate surface area is 106 Å². The third-order valence-corrected chi connectivity index (χ3v) is 3.16. The van der Waals surface area contributed by atoms with Crippen molar-refractivity contribution in [3.05, 3.63) is 6.92 Å². The Morgan fingerprint density at radius 3 is 2.15 bits per heavy atom. The van der Waals surface area contributed by atoms with E-state index < -0.39 is 0 Å². The summed E-state index contributed by atoms with van der Waals surface area (Å²) in [7, 11) is 0. The SMILES string of the molecule is [CH2-][C@H]1C[C@H](C)CC[C@H]1C(C)C.[Cl-].[Mg+2]. The Kier molecular flexibility index (Phi) is 9.33. The van der Waals surface area contributed by atoms with Crippen molar-refractivity contribution in [1.82, 2.24) is 0 Å². The third kappa shape index (κ3) is 4.90. The molecule has 2 heteroatoms. The number of hydrogen-bond acceptors (Lipinski definition) is 0. The molecule has 0 radical (unpaired) electrons. The smallest absolute Gasteiger partial charge is 1.00 e. The zero-order chi connectivity index (χ0) is 8.43. The summed E-state index contributed by atoms with van der Waals surface area (Å²) in [6.07, 6.45) is 4.19. The maximum atomic E-state index is 4.25. The Bertz CT molecular complexity index is 125. The van der Waals surface area contributed by atoms with Gasteiger partial charge in [0.2, 0.25) is 0 Å². The molecule has 0 saturated heterocycles. The van der Waals surface area contributed by atoms with E-state index in [2.05, 4.69) is 27.7 Å². The largest absolute Gasteiger partial charge is 2.00 e. The molecule has 0 heterocycles. The number of hydrogen-bond donors (Lipinski definition) is 0. The van der Waals surface area contributed by atoms with Gasteiger partial charge in [0.25, 0.3) is 0 Å². The van der Waals surface area contributed by atoms with Gasteiger partial charge in [0.1, 0.15) is 0 Å². The molecule has 0 aliphatic heterocycles. The third-order valence-electron chi connectivity index (χ3n) is 3.16. The van der Waals surface area contributed by atoms with E-state index in [0.717, 1.165) is 23.7 Å². The van der Waals surface area contributed by atoms with Gasteiger partial charge in [-0.05, 0) is 11.8 Å². The predicted octanol–water partition coefficient (Wildman–Crippen LogP) is 0.152. The molecular weight excluding hydrogens is 192 g/mol. The van der Waals surface area contributed by atoms with Gasteiger partial charge in [-0.3, -0.25) is 0 Å². The van der Waals surface area contributed by atoms with Crippen molar-refractivity contribution < 1.29 is 12.4 Å². The molecule has 0 nitrogen and oxygen atoms in total. The van der Waals surface area contributed by atoms with Crippen molar-refractivity contribution in [3.8, 4) is 0 Å². The van der Waals surface area contributed by atoms with Gasteiger partial charge in [-0.1, -0.05) is 46.0 Å². The van der Waals surface area contributed by atoms with E-state index in [1.165, 1.54) is 19.3 Å². The molecule has 1 fully saturated rings. The molecule has 3 atom stereocenters. The first kappa shape index (κ1) is 16.5. The van der Waals surface area contributed by atoms with Crippen molar-refractivity contribution in [3.63, 3.8) is 0 Å². The molecule has 0 unspecified atom stereocenters. The average molecular weight is 213 g/mol. The summed E-state index contributed by atoms with van der Waals surface area (Å²) >= 11 is 0. The summed E-state index contributed by atoms with van der Waals surface area (Å²) in [5, 5.41) is 0. The first-order valence-corrected chi connectivity index (χ1v) is 4.94. The first-order valence-electron chi connectivity index (χ1n) is 4.94. The minimum absolute atomic E-state index is 0. The van der Waals surface area contributed by atoms with Crippen LogP contribution < -0.4 is 12.4 Å². The summed E-state index contributed by atoms with van der Waals surface area (Å²) in [5.74, 6) is 3.38. The van der Waals surface area contributed by atoms with Crippen LogP contribution in [0.1, 0.15) is 40.0 Å². The van der Waals surface area contributed by atoms with Gasteiger partial charge in [0.05, 0.1) is 0 Å². The van der Waals surface area contributed by atoms with Crippen LogP contribution in [0.4, 0.5) is 0 Å². The zero-order valence-corrected chi connectivity index (χ0v) is 11.4. The van der Waals surface area contributed by atoms with Crippen molar-refractivity contribution in [2.24, 2.45) is 23.7 Å². The maximum Gasteiger partial charge on any atom is 2.00 e. The number of rotatable bonds is 1. The second kappa shape index (κ2) is 7.36. The Morgan fingerprint density at radius 2 is 1.77 bits per heavy atom. The molecule has 1 rings (SSSR count). The van der Waals surface area contributed by atoms with Gasteiger partial charge < -0.3 is 19.3 Å². The molecule has 0 aromatic heterocycles. The molecule has 0 bridgehead atoms. The van der Waals surface area contributed by atoms with Crippen molar-refractivity contribution in [2.45, 2.75) is 40.0 Å².